The van der Waals surface area contributed by atoms with E-state index in [-0.39, 0.29) is 5.91 Å². The van der Waals surface area contributed by atoms with Gasteiger partial charge in [-0.2, -0.15) is 0 Å². The summed E-state index contributed by atoms with van der Waals surface area (Å²) in [6.07, 6.45) is 2.60. The standard InChI is InChI=1S/C6H6BrNO2/c1-10-5-2-4(7)3-8-6(5)9/h2-3,5H,1H3. The van der Waals surface area contributed by atoms with Crippen molar-refractivity contribution in [2.24, 2.45) is 4.99 Å². The highest BCUT2D eigenvalue weighted by Gasteiger charge is 2.16. The minimum absolute atomic E-state index is 0.259. The van der Waals surface area contributed by atoms with Crippen molar-refractivity contribution in [2.75, 3.05) is 7.11 Å². The van der Waals surface area contributed by atoms with Gasteiger partial charge in [0.15, 0.2) is 6.10 Å². The van der Waals surface area contributed by atoms with Gasteiger partial charge in [0.1, 0.15) is 0 Å². The van der Waals surface area contributed by atoms with Crippen molar-refractivity contribution in [1.82, 2.24) is 0 Å². The van der Waals surface area contributed by atoms with Gasteiger partial charge in [-0.15, -0.1) is 0 Å². The van der Waals surface area contributed by atoms with Crippen molar-refractivity contribution in [2.45, 2.75) is 6.10 Å². The molecule has 0 saturated heterocycles. The fraction of sp³-hybridized carbons (Fsp3) is 0.333. The lowest BCUT2D eigenvalue weighted by Gasteiger charge is -2.09. The summed E-state index contributed by atoms with van der Waals surface area (Å²) in [7, 11) is 1.47. The highest BCUT2D eigenvalue weighted by atomic mass is 79.9. The molecule has 1 unspecified atom stereocenters. The molecule has 1 aliphatic heterocycles. The molecule has 1 amide bonds. The second-order valence-corrected chi connectivity index (χ2v) is 2.72. The Morgan fingerprint density at radius 2 is 2.50 bits per heavy atom. The number of carbonyl (C=O) groups excluding carboxylic acids is 1. The van der Waals surface area contributed by atoms with E-state index in [1.54, 1.807) is 6.08 Å². The number of dihydropyridines is 1. The van der Waals surface area contributed by atoms with E-state index in [2.05, 4.69) is 20.9 Å². The Hall–Kier alpha value is -0.480. The van der Waals surface area contributed by atoms with E-state index < -0.39 is 6.10 Å². The number of rotatable bonds is 1. The van der Waals surface area contributed by atoms with Crippen molar-refractivity contribution >= 4 is 28.1 Å². The Kier molecular flexibility index (Phi) is 2.34. The monoisotopic (exact) mass is 203 g/mol. The summed E-state index contributed by atoms with van der Waals surface area (Å²) >= 11 is 3.18. The normalized spacial score (nSPS) is 24.8. The fourth-order valence-electron chi connectivity index (χ4n) is 0.627. The summed E-state index contributed by atoms with van der Waals surface area (Å²) in [6, 6.07) is 0. The zero-order valence-electron chi connectivity index (χ0n) is 5.37. The number of hydrogen-bond donors (Lipinski definition) is 0. The third-order valence-electron chi connectivity index (χ3n) is 1.12. The molecule has 54 valence electrons. The largest absolute Gasteiger partial charge is 0.367 e. The summed E-state index contributed by atoms with van der Waals surface area (Å²) in [5.74, 6) is -0.259. The molecule has 0 aromatic carbocycles. The molecule has 10 heavy (non-hydrogen) atoms. The molecule has 0 aromatic rings. The van der Waals surface area contributed by atoms with Crippen LogP contribution in [0.15, 0.2) is 15.6 Å². The molecule has 1 atom stereocenters. The molecule has 0 aliphatic carbocycles. The zero-order valence-corrected chi connectivity index (χ0v) is 6.96. The maximum Gasteiger partial charge on any atom is 0.278 e. The van der Waals surface area contributed by atoms with Crippen molar-refractivity contribution in [1.29, 1.82) is 0 Å². The molecule has 0 N–H and O–H groups in total. The van der Waals surface area contributed by atoms with Crippen molar-refractivity contribution in [3.63, 3.8) is 0 Å². The van der Waals surface area contributed by atoms with Gasteiger partial charge in [0.25, 0.3) is 5.91 Å². The number of nitrogens with zero attached hydrogens (tertiary/aromatic N) is 1. The van der Waals surface area contributed by atoms with Crippen molar-refractivity contribution in [3.05, 3.63) is 10.6 Å². The second kappa shape index (κ2) is 3.07. The number of amides is 1. The van der Waals surface area contributed by atoms with Gasteiger partial charge in [-0.3, -0.25) is 4.79 Å². The number of aliphatic imine (C=N–C) groups is 1. The van der Waals surface area contributed by atoms with Crippen LogP contribution in [0.3, 0.4) is 0 Å². The van der Waals surface area contributed by atoms with E-state index in [4.69, 9.17) is 4.74 Å². The Morgan fingerprint density at radius 1 is 1.80 bits per heavy atom. The van der Waals surface area contributed by atoms with Crippen LogP contribution in [0.5, 0.6) is 0 Å². The first-order valence-electron chi connectivity index (χ1n) is 2.72. The van der Waals surface area contributed by atoms with Gasteiger partial charge in [-0.25, -0.2) is 4.99 Å². The lowest BCUT2D eigenvalue weighted by Crippen LogP contribution is -2.21. The number of halogens is 1. The van der Waals surface area contributed by atoms with Crippen LogP contribution < -0.4 is 0 Å². The number of carbonyl (C=O) groups is 1. The maximum atomic E-state index is 10.8. The lowest BCUT2D eigenvalue weighted by molar-refractivity contribution is -0.125. The van der Waals surface area contributed by atoms with E-state index in [9.17, 15) is 4.79 Å². The van der Waals surface area contributed by atoms with Crippen molar-refractivity contribution in [3.8, 4) is 0 Å². The first kappa shape index (κ1) is 7.63. The third kappa shape index (κ3) is 1.52. The van der Waals surface area contributed by atoms with Crippen LogP contribution in [0.1, 0.15) is 0 Å². The van der Waals surface area contributed by atoms with Crippen LogP contribution in [-0.4, -0.2) is 25.3 Å². The minimum atomic E-state index is -0.514. The van der Waals surface area contributed by atoms with E-state index in [1.807, 2.05) is 0 Å². The SMILES string of the molecule is COC1C=C(Br)C=NC1=O. The molecule has 4 heteroatoms. The number of allylic oxidation sites excluding steroid dienone is 1. The molecular weight excluding hydrogens is 198 g/mol. The quantitative estimate of drug-likeness (QED) is 0.636. The van der Waals surface area contributed by atoms with Crippen LogP contribution in [0, 0.1) is 0 Å². The molecule has 0 radical (unpaired) electrons. The Bertz CT molecular complexity index is 210. The van der Waals surface area contributed by atoms with Gasteiger partial charge >= 0.3 is 0 Å². The molecule has 3 nitrogen and oxygen atoms in total. The lowest BCUT2D eigenvalue weighted by atomic mass is 10.3. The van der Waals surface area contributed by atoms with Gasteiger partial charge in [0, 0.05) is 17.8 Å². The van der Waals surface area contributed by atoms with Crippen LogP contribution >= 0.6 is 15.9 Å². The van der Waals surface area contributed by atoms with E-state index >= 15 is 0 Å². The summed E-state index contributed by atoms with van der Waals surface area (Å²) in [5.41, 5.74) is 0. The highest BCUT2D eigenvalue weighted by molar-refractivity contribution is 9.12. The third-order valence-corrected chi connectivity index (χ3v) is 1.59. The van der Waals surface area contributed by atoms with Crippen molar-refractivity contribution < 1.29 is 9.53 Å². The Balaban J connectivity index is 2.76. The summed E-state index contributed by atoms with van der Waals surface area (Å²) in [5, 5.41) is 0. The summed E-state index contributed by atoms with van der Waals surface area (Å²) in [4.78, 5) is 14.3. The van der Waals surface area contributed by atoms with Crippen LogP contribution in [0.2, 0.25) is 0 Å². The van der Waals surface area contributed by atoms with Gasteiger partial charge in [0.2, 0.25) is 0 Å². The summed E-state index contributed by atoms with van der Waals surface area (Å²) in [6.45, 7) is 0. The molecule has 1 rings (SSSR count). The number of methoxy groups -OCH3 is 1. The summed E-state index contributed by atoms with van der Waals surface area (Å²) < 4.78 is 5.58. The van der Waals surface area contributed by atoms with E-state index in [0.29, 0.717) is 0 Å². The van der Waals surface area contributed by atoms with E-state index in [0.717, 1.165) is 4.48 Å². The van der Waals surface area contributed by atoms with Gasteiger partial charge in [-0.05, 0) is 22.0 Å². The molecule has 1 heterocycles. The first-order valence-corrected chi connectivity index (χ1v) is 3.51. The molecule has 0 fully saturated rings. The average Bonchev–Trinajstić information content (AvgIpc) is 1.94. The number of hydrogen-bond acceptors (Lipinski definition) is 2. The maximum absolute atomic E-state index is 10.8. The van der Waals surface area contributed by atoms with Crippen LogP contribution in [0.4, 0.5) is 0 Å². The zero-order chi connectivity index (χ0) is 7.56. The predicted octanol–water partition coefficient (Wildman–Crippen LogP) is 0.891. The smallest absolute Gasteiger partial charge is 0.278 e. The Morgan fingerprint density at radius 3 is 3.00 bits per heavy atom. The topological polar surface area (TPSA) is 38.7 Å². The molecular formula is C6H6BrNO2. The average molecular weight is 204 g/mol. The molecule has 0 aromatic heterocycles. The van der Waals surface area contributed by atoms with Gasteiger partial charge < -0.3 is 4.74 Å². The fourth-order valence-corrected chi connectivity index (χ4v) is 0.969. The second-order valence-electron chi connectivity index (χ2n) is 1.80. The molecule has 1 aliphatic rings. The Labute approximate surface area is 66.9 Å². The highest BCUT2D eigenvalue weighted by Crippen LogP contribution is 2.10. The molecule has 0 spiro atoms. The number of ether oxygens (including phenoxy) is 1. The van der Waals surface area contributed by atoms with Gasteiger partial charge in [0.05, 0.1) is 0 Å². The molecule has 0 bridgehead atoms. The van der Waals surface area contributed by atoms with E-state index in [1.165, 1.54) is 13.3 Å². The van der Waals surface area contributed by atoms with Crippen LogP contribution in [-0.2, 0) is 9.53 Å². The first-order chi connectivity index (χ1) is 4.74. The van der Waals surface area contributed by atoms with Gasteiger partial charge in [-0.1, -0.05) is 0 Å². The molecule has 0 saturated carbocycles. The minimum Gasteiger partial charge on any atom is -0.367 e. The predicted molar refractivity (Wildman–Crippen MR) is 41.3 cm³/mol. The van der Waals surface area contributed by atoms with Crippen LogP contribution in [0.25, 0.3) is 0 Å².